The molecular formula is C15H20N4O2. The van der Waals surface area contributed by atoms with Crippen molar-refractivity contribution in [2.24, 2.45) is 0 Å². The molecule has 0 fully saturated rings. The molecule has 6 heteroatoms. The van der Waals surface area contributed by atoms with E-state index in [-0.39, 0.29) is 12.5 Å². The Bertz CT molecular complexity index is 580. The molecule has 0 radical (unpaired) electrons. The molecule has 0 saturated heterocycles. The Hall–Kier alpha value is -2.21. The van der Waals surface area contributed by atoms with Crippen molar-refractivity contribution in [2.75, 3.05) is 6.61 Å². The van der Waals surface area contributed by atoms with E-state index in [1.54, 1.807) is 23.1 Å². The number of hydrogen-bond donors (Lipinski definition) is 2. The first-order valence-electron chi connectivity index (χ1n) is 6.96. The van der Waals surface area contributed by atoms with E-state index in [4.69, 9.17) is 5.11 Å². The third-order valence-electron chi connectivity index (χ3n) is 3.67. The SMILES string of the molecule is CCC(C)(CCO)NC(=O)c1ccc(-n2cncn2)cc1. The maximum absolute atomic E-state index is 12.3. The Kier molecular flexibility index (Phi) is 4.70. The third kappa shape index (κ3) is 3.66. The van der Waals surface area contributed by atoms with Gasteiger partial charge in [0.15, 0.2) is 0 Å². The van der Waals surface area contributed by atoms with Crippen molar-refractivity contribution < 1.29 is 9.90 Å². The predicted molar refractivity (Wildman–Crippen MR) is 79.2 cm³/mol. The zero-order valence-electron chi connectivity index (χ0n) is 12.3. The Morgan fingerprint density at radius 2 is 2.10 bits per heavy atom. The maximum Gasteiger partial charge on any atom is 0.251 e. The van der Waals surface area contributed by atoms with Crippen molar-refractivity contribution in [1.82, 2.24) is 20.1 Å². The number of carbonyl (C=O) groups excluding carboxylic acids is 1. The van der Waals surface area contributed by atoms with E-state index in [1.807, 2.05) is 26.0 Å². The molecule has 2 N–H and O–H groups in total. The van der Waals surface area contributed by atoms with E-state index < -0.39 is 5.54 Å². The van der Waals surface area contributed by atoms with Crippen LogP contribution in [0.4, 0.5) is 0 Å². The smallest absolute Gasteiger partial charge is 0.251 e. The summed E-state index contributed by atoms with van der Waals surface area (Å²) in [5.74, 6) is -0.141. The molecule has 112 valence electrons. The Morgan fingerprint density at radius 3 is 2.62 bits per heavy atom. The molecule has 1 unspecified atom stereocenters. The summed E-state index contributed by atoms with van der Waals surface area (Å²) in [5.41, 5.74) is 1.03. The van der Waals surface area contributed by atoms with Crippen molar-refractivity contribution in [1.29, 1.82) is 0 Å². The molecule has 0 bridgehead atoms. The molecule has 1 amide bonds. The van der Waals surface area contributed by atoms with Crippen LogP contribution >= 0.6 is 0 Å². The predicted octanol–water partition coefficient (Wildman–Crippen LogP) is 1.55. The summed E-state index contributed by atoms with van der Waals surface area (Å²) in [7, 11) is 0. The topological polar surface area (TPSA) is 80.0 Å². The summed E-state index contributed by atoms with van der Waals surface area (Å²) < 4.78 is 1.63. The molecule has 1 aromatic heterocycles. The molecule has 1 atom stereocenters. The standard InChI is InChI=1S/C15H20N4O2/c1-3-15(2,8-9-20)18-14(21)12-4-6-13(7-5-12)19-11-16-10-17-19/h4-7,10-11,20H,3,8-9H2,1-2H3,(H,18,21). The number of benzene rings is 1. The second kappa shape index (κ2) is 6.49. The number of aliphatic hydroxyl groups is 1. The molecule has 1 heterocycles. The lowest BCUT2D eigenvalue weighted by Crippen LogP contribution is -2.46. The van der Waals surface area contributed by atoms with E-state index >= 15 is 0 Å². The monoisotopic (exact) mass is 288 g/mol. The molecule has 0 spiro atoms. The van der Waals surface area contributed by atoms with Crippen LogP contribution in [-0.4, -0.2) is 37.9 Å². The third-order valence-corrected chi connectivity index (χ3v) is 3.67. The fraction of sp³-hybridized carbons (Fsp3) is 0.400. The van der Waals surface area contributed by atoms with Crippen molar-refractivity contribution in [3.63, 3.8) is 0 Å². The van der Waals surface area contributed by atoms with Crippen LogP contribution in [0.2, 0.25) is 0 Å². The minimum Gasteiger partial charge on any atom is -0.396 e. The average molecular weight is 288 g/mol. The number of rotatable bonds is 6. The van der Waals surface area contributed by atoms with Crippen LogP contribution in [-0.2, 0) is 0 Å². The van der Waals surface area contributed by atoms with Crippen LogP contribution in [0.3, 0.4) is 0 Å². The molecule has 2 rings (SSSR count). The highest BCUT2D eigenvalue weighted by Crippen LogP contribution is 2.15. The van der Waals surface area contributed by atoms with Gasteiger partial charge in [0.05, 0.1) is 5.69 Å². The van der Waals surface area contributed by atoms with Crippen molar-refractivity contribution in [3.8, 4) is 5.69 Å². The van der Waals surface area contributed by atoms with Gasteiger partial charge < -0.3 is 10.4 Å². The normalized spacial score (nSPS) is 13.7. The van der Waals surface area contributed by atoms with Gasteiger partial charge in [0.1, 0.15) is 12.7 Å². The Labute approximate surface area is 123 Å². The van der Waals surface area contributed by atoms with E-state index in [9.17, 15) is 4.79 Å². The number of nitrogens with zero attached hydrogens (tertiary/aromatic N) is 3. The van der Waals surface area contributed by atoms with Crippen LogP contribution in [0.1, 0.15) is 37.0 Å². The van der Waals surface area contributed by atoms with E-state index in [1.165, 1.54) is 6.33 Å². The molecular weight excluding hydrogens is 268 g/mol. The Morgan fingerprint density at radius 1 is 1.38 bits per heavy atom. The van der Waals surface area contributed by atoms with Crippen LogP contribution in [0.15, 0.2) is 36.9 Å². The van der Waals surface area contributed by atoms with Crippen molar-refractivity contribution in [3.05, 3.63) is 42.5 Å². The Balaban J connectivity index is 2.10. The first-order chi connectivity index (χ1) is 10.1. The largest absolute Gasteiger partial charge is 0.396 e. The fourth-order valence-electron chi connectivity index (χ4n) is 2.03. The highest BCUT2D eigenvalue weighted by molar-refractivity contribution is 5.94. The number of carbonyl (C=O) groups is 1. The second-order valence-corrected chi connectivity index (χ2v) is 5.23. The lowest BCUT2D eigenvalue weighted by molar-refractivity contribution is 0.0886. The molecule has 0 aliphatic rings. The zero-order chi connectivity index (χ0) is 15.3. The first-order valence-corrected chi connectivity index (χ1v) is 6.96. The van der Waals surface area contributed by atoms with Gasteiger partial charge in [0.2, 0.25) is 0 Å². The van der Waals surface area contributed by atoms with Gasteiger partial charge in [0.25, 0.3) is 5.91 Å². The maximum atomic E-state index is 12.3. The van der Waals surface area contributed by atoms with E-state index in [0.717, 1.165) is 12.1 Å². The molecule has 0 aliphatic heterocycles. The zero-order valence-corrected chi connectivity index (χ0v) is 12.3. The van der Waals surface area contributed by atoms with Gasteiger partial charge in [-0.25, -0.2) is 9.67 Å². The minimum absolute atomic E-state index is 0.0514. The van der Waals surface area contributed by atoms with E-state index in [2.05, 4.69) is 15.4 Å². The quantitative estimate of drug-likeness (QED) is 0.845. The fourth-order valence-corrected chi connectivity index (χ4v) is 2.03. The molecule has 0 aliphatic carbocycles. The number of amides is 1. The lowest BCUT2D eigenvalue weighted by atomic mass is 9.94. The summed E-state index contributed by atoms with van der Waals surface area (Å²) in [6.07, 6.45) is 4.36. The van der Waals surface area contributed by atoms with Gasteiger partial charge >= 0.3 is 0 Å². The van der Waals surface area contributed by atoms with Gasteiger partial charge in [-0.05, 0) is 44.0 Å². The molecule has 0 saturated carbocycles. The summed E-state index contributed by atoms with van der Waals surface area (Å²) in [6, 6.07) is 7.14. The number of nitrogens with one attached hydrogen (secondary N) is 1. The van der Waals surface area contributed by atoms with Gasteiger partial charge in [-0.3, -0.25) is 4.79 Å². The molecule has 6 nitrogen and oxygen atoms in total. The second-order valence-electron chi connectivity index (χ2n) is 5.23. The van der Waals surface area contributed by atoms with Gasteiger partial charge in [-0.2, -0.15) is 5.10 Å². The number of aliphatic hydroxyl groups excluding tert-OH is 1. The molecule has 1 aromatic carbocycles. The minimum atomic E-state index is -0.392. The van der Waals surface area contributed by atoms with Crippen molar-refractivity contribution in [2.45, 2.75) is 32.2 Å². The van der Waals surface area contributed by atoms with Crippen LogP contribution in [0.25, 0.3) is 5.69 Å². The summed E-state index contributed by atoms with van der Waals surface area (Å²) >= 11 is 0. The highest BCUT2D eigenvalue weighted by Gasteiger charge is 2.24. The van der Waals surface area contributed by atoms with Gasteiger partial charge in [0, 0.05) is 17.7 Å². The number of aromatic nitrogens is 3. The molecule has 21 heavy (non-hydrogen) atoms. The highest BCUT2D eigenvalue weighted by atomic mass is 16.3. The van der Waals surface area contributed by atoms with Gasteiger partial charge in [-0.15, -0.1) is 0 Å². The van der Waals surface area contributed by atoms with Crippen LogP contribution < -0.4 is 5.32 Å². The molecule has 2 aromatic rings. The van der Waals surface area contributed by atoms with E-state index in [0.29, 0.717) is 12.0 Å². The summed E-state index contributed by atoms with van der Waals surface area (Å²) in [4.78, 5) is 16.1. The summed E-state index contributed by atoms with van der Waals surface area (Å²) in [6.45, 7) is 3.98. The average Bonchev–Trinajstić information content (AvgIpc) is 3.02. The van der Waals surface area contributed by atoms with Gasteiger partial charge in [-0.1, -0.05) is 6.92 Å². The first kappa shape index (κ1) is 15.2. The van der Waals surface area contributed by atoms with Crippen LogP contribution in [0.5, 0.6) is 0 Å². The lowest BCUT2D eigenvalue weighted by Gasteiger charge is -2.29. The number of hydrogen-bond acceptors (Lipinski definition) is 4. The summed E-state index contributed by atoms with van der Waals surface area (Å²) in [5, 5.41) is 16.1. The van der Waals surface area contributed by atoms with Crippen molar-refractivity contribution >= 4 is 5.91 Å². The van der Waals surface area contributed by atoms with Crippen LogP contribution in [0, 0.1) is 0 Å².